The third-order valence-electron chi connectivity index (χ3n) is 4.45. The van der Waals surface area contributed by atoms with Gasteiger partial charge < -0.3 is 10.6 Å². The average molecular weight is 252 g/mol. The first-order valence-corrected chi connectivity index (χ1v) is 7.70. The highest BCUT2D eigenvalue weighted by molar-refractivity contribution is 5.74. The predicted octanol–water partition coefficient (Wildman–Crippen LogP) is 3.44. The number of nitrogens with one attached hydrogen (secondary N) is 2. The summed E-state index contributed by atoms with van der Waals surface area (Å²) in [7, 11) is 0. The summed E-state index contributed by atoms with van der Waals surface area (Å²) >= 11 is 0. The summed E-state index contributed by atoms with van der Waals surface area (Å²) in [6.07, 6.45) is 9.77. The molecule has 0 aromatic carbocycles. The number of hydrogen-bond donors (Lipinski definition) is 2. The Morgan fingerprint density at radius 2 is 1.39 bits per heavy atom. The zero-order valence-electron chi connectivity index (χ0n) is 11.9. The maximum absolute atomic E-state index is 12.0. The highest BCUT2D eigenvalue weighted by atomic mass is 16.2. The second-order valence-electron chi connectivity index (χ2n) is 6.57. The summed E-state index contributed by atoms with van der Waals surface area (Å²) in [6, 6.07) is 0.859. The molecule has 2 N–H and O–H groups in total. The first-order valence-electron chi connectivity index (χ1n) is 7.70. The molecule has 2 atom stereocenters. The Labute approximate surface area is 111 Å². The number of urea groups is 1. The van der Waals surface area contributed by atoms with E-state index in [4.69, 9.17) is 0 Å². The van der Waals surface area contributed by atoms with Gasteiger partial charge >= 0.3 is 6.03 Å². The van der Waals surface area contributed by atoms with Crippen LogP contribution in [0.5, 0.6) is 0 Å². The van der Waals surface area contributed by atoms with Gasteiger partial charge in [-0.15, -0.1) is 0 Å². The van der Waals surface area contributed by atoms with Crippen LogP contribution < -0.4 is 10.6 Å². The molecule has 2 rings (SSSR count). The largest absolute Gasteiger partial charge is 0.335 e. The van der Waals surface area contributed by atoms with Gasteiger partial charge in [0.1, 0.15) is 0 Å². The molecule has 3 heteroatoms. The minimum Gasteiger partial charge on any atom is -0.335 e. The van der Waals surface area contributed by atoms with Gasteiger partial charge in [-0.1, -0.05) is 33.1 Å². The lowest BCUT2D eigenvalue weighted by molar-refractivity contribution is 0.208. The second-order valence-corrected chi connectivity index (χ2v) is 6.57. The summed E-state index contributed by atoms with van der Waals surface area (Å²) in [5.74, 6) is 1.49. The van der Waals surface area contributed by atoms with E-state index in [1.54, 1.807) is 0 Å². The second kappa shape index (κ2) is 6.44. The molecule has 18 heavy (non-hydrogen) atoms. The molecule has 2 aliphatic rings. The van der Waals surface area contributed by atoms with Crippen molar-refractivity contribution >= 4 is 6.03 Å². The van der Waals surface area contributed by atoms with Crippen LogP contribution in [0.4, 0.5) is 4.79 Å². The van der Waals surface area contributed by atoms with Crippen molar-refractivity contribution in [1.29, 1.82) is 0 Å². The summed E-state index contributed by atoms with van der Waals surface area (Å²) in [5, 5.41) is 6.32. The molecule has 2 unspecified atom stereocenters. The van der Waals surface area contributed by atoms with Crippen LogP contribution in [0.2, 0.25) is 0 Å². The molecule has 0 heterocycles. The van der Waals surface area contributed by atoms with Gasteiger partial charge in [0, 0.05) is 12.1 Å². The zero-order valence-corrected chi connectivity index (χ0v) is 11.9. The number of rotatable bonds is 2. The molecule has 2 aliphatic carbocycles. The highest BCUT2D eigenvalue weighted by Crippen LogP contribution is 2.28. The van der Waals surface area contributed by atoms with E-state index in [-0.39, 0.29) is 6.03 Å². The quantitative estimate of drug-likeness (QED) is 0.776. The van der Waals surface area contributed by atoms with E-state index in [1.165, 1.54) is 25.7 Å². The van der Waals surface area contributed by atoms with Gasteiger partial charge in [-0.2, -0.15) is 0 Å². The third kappa shape index (κ3) is 4.18. The van der Waals surface area contributed by atoms with Gasteiger partial charge in [-0.05, 0) is 43.9 Å². The standard InChI is InChI=1S/C15H28N2O/c1-11-8-12(2)10-14(9-11)17-15(18)16-13-6-4-3-5-7-13/h11-14H,3-10H2,1-2H3,(H2,16,17,18). The summed E-state index contributed by atoms with van der Waals surface area (Å²) in [4.78, 5) is 12.0. The zero-order chi connectivity index (χ0) is 13.0. The topological polar surface area (TPSA) is 41.1 Å². The summed E-state index contributed by atoms with van der Waals surface area (Å²) in [6.45, 7) is 4.59. The van der Waals surface area contributed by atoms with Gasteiger partial charge in [0.05, 0.1) is 0 Å². The van der Waals surface area contributed by atoms with E-state index in [1.807, 2.05) is 0 Å². The van der Waals surface area contributed by atoms with Gasteiger partial charge in [0.2, 0.25) is 0 Å². The molecular formula is C15H28N2O. The minimum atomic E-state index is 0.0631. The molecule has 0 saturated heterocycles. The van der Waals surface area contributed by atoms with Crippen LogP contribution >= 0.6 is 0 Å². The highest BCUT2D eigenvalue weighted by Gasteiger charge is 2.25. The monoisotopic (exact) mass is 252 g/mol. The number of hydrogen-bond acceptors (Lipinski definition) is 1. The van der Waals surface area contributed by atoms with Crippen LogP contribution in [0.15, 0.2) is 0 Å². The first-order chi connectivity index (χ1) is 8.63. The van der Waals surface area contributed by atoms with Crippen molar-refractivity contribution < 1.29 is 4.79 Å². The number of carbonyl (C=O) groups is 1. The molecule has 2 amide bonds. The molecule has 2 fully saturated rings. The lowest BCUT2D eigenvalue weighted by Gasteiger charge is -2.32. The smallest absolute Gasteiger partial charge is 0.315 e. The average Bonchev–Trinajstić information content (AvgIpc) is 2.28. The molecule has 2 saturated carbocycles. The Bertz CT molecular complexity index is 264. The Balaban J connectivity index is 1.72. The molecule has 0 bridgehead atoms. The molecule has 0 aliphatic heterocycles. The molecule has 104 valence electrons. The fourth-order valence-electron chi connectivity index (χ4n) is 3.72. The minimum absolute atomic E-state index is 0.0631. The van der Waals surface area contributed by atoms with Crippen molar-refractivity contribution in [3.05, 3.63) is 0 Å². The predicted molar refractivity (Wildman–Crippen MR) is 74.5 cm³/mol. The Morgan fingerprint density at radius 1 is 0.833 bits per heavy atom. The summed E-state index contributed by atoms with van der Waals surface area (Å²) in [5.41, 5.74) is 0. The van der Waals surface area contributed by atoms with Crippen molar-refractivity contribution in [3.8, 4) is 0 Å². The third-order valence-corrected chi connectivity index (χ3v) is 4.45. The summed E-state index contributed by atoms with van der Waals surface area (Å²) < 4.78 is 0. The van der Waals surface area contributed by atoms with Crippen molar-refractivity contribution in [2.24, 2.45) is 11.8 Å². The van der Waals surface area contributed by atoms with Crippen LogP contribution in [-0.2, 0) is 0 Å². The van der Waals surface area contributed by atoms with Crippen molar-refractivity contribution in [3.63, 3.8) is 0 Å². The first kappa shape index (κ1) is 13.7. The van der Waals surface area contributed by atoms with E-state index in [0.29, 0.717) is 12.1 Å². The van der Waals surface area contributed by atoms with Crippen LogP contribution in [0, 0.1) is 11.8 Å². The van der Waals surface area contributed by atoms with E-state index in [9.17, 15) is 4.79 Å². The number of amides is 2. The molecule has 0 spiro atoms. The Morgan fingerprint density at radius 3 is 2.00 bits per heavy atom. The Hall–Kier alpha value is -0.730. The van der Waals surface area contributed by atoms with Gasteiger partial charge in [-0.3, -0.25) is 0 Å². The number of carbonyl (C=O) groups excluding carboxylic acids is 1. The molecule has 0 aromatic rings. The van der Waals surface area contributed by atoms with E-state index in [0.717, 1.165) is 37.5 Å². The van der Waals surface area contributed by atoms with E-state index >= 15 is 0 Å². The molecular weight excluding hydrogens is 224 g/mol. The SMILES string of the molecule is CC1CC(C)CC(NC(=O)NC2CCCCC2)C1. The fourth-order valence-corrected chi connectivity index (χ4v) is 3.72. The van der Waals surface area contributed by atoms with Crippen LogP contribution in [0.3, 0.4) is 0 Å². The van der Waals surface area contributed by atoms with Gasteiger partial charge in [-0.25, -0.2) is 4.79 Å². The Kier molecular flexibility index (Phi) is 4.90. The molecule has 0 aromatic heterocycles. The van der Waals surface area contributed by atoms with Crippen molar-refractivity contribution in [1.82, 2.24) is 10.6 Å². The lowest BCUT2D eigenvalue weighted by atomic mass is 9.80. The van der Waals surface area contributed by atoms with E-state index < -0.39 is 0 Å². The van der Waals surface area contributed by atoms with Crippen LogP contribution in [0.25, 0.3) is 0 Å². The van der Waals surface area contributed by atoms with Crippen molar-refractivity contribution in [2.45, 2.75) is 77.3 Å². The van der Waals surface area contributed by atoms with Gasteiger partial charge in [0.15, 0.2) is 0 Å². The molecule has 0 radical (unpaired) electrons. The van der Waals surface area contributed by atoms with Gasteiger partial charge in [0.25, 0.3) is 0 Å². The van der Waals surface area contributed by atoms with Crippen molar-refractivity contribution in [2.75, 3.05) is 0 Å². The maximum Gasteiger partial charge on any atom is 0.315 e. The normalized spacial score (nSPS) is 34.0. The molecule has 3 nitrogen and oxygen atoms in total. The van der Waals surface area contributed by atoms with E-state index in [2.05, 4.69) is 24.5 Å². The van der Waals surface area contributed by atoms with Crippen LogP contribution in [-0.4, -0.2) is 18.1 Å². The fraction of sp³-hybridized carbons (Fsp3) is 0.933. The van der Waals surface area contributed by atoms with Crippen LogP contribution in [0.1, 0.15) is 65.2 Å². The lowest BCUT2D eigenvalue weighted by Crippen LogP contribution is -2.48. The maximum atomic E-state index is 12.0.